The van der Waals surface area contributed by atoms with Crippen LogP contribution in [-0.2, 0) is 16.6 Å². The zero-order chi connectivity index (χ0) is 19.4. The Kier molecular flexibility index (Phi) is 7.89. The minimum Gasteiger partial charge on any atom is -0.320 e. The lowest BCUT2D eigenvalue weighted by molar-refractivity contribution is 0.0557. The van der Waals surface area contributed by atoms with E-state index in [2.05, 4.69) is 37.9 Å². The lowest BCUT2D eigenvalue weighted by Gasteiger charge is -2.19. The maximum atomic E-state index is 13.8. The first kappa shape index (κ1) is 22.1. The van der Waals surface area contributed by atoms with Gasteiger partial charge in [0.25, 0.3) is 0 Å². The molecule has 0 radical (unpaired) electrons. The van der Waals surface area contributed by atoms with Crippen molar-refractivity contribution < 1.29 is 23.1 Å². The minimum atomic E-state index is -5.57. The van der Waals surface area contributed by atoms with E-state index in [4.69, 9.17) is 9.79 Å². The van der Waals surface area contributed by atoms with Crippen LogP contribution in [-0.4, -0.2) is 15.5 Å². The van der Waals surface area contributed by atoms with E-state index in [-0.39, 0.29) is 4.47 Å². The maximum Gasteiger partial charge on any atom is 0.399 e. The van der Waals surface area contributed by atoms with Gasteiger partial charge in [-0.15, -0.1) is 11.8 Å². The number of hydrogen-bond acceptors (Lipinski definition) is 2. The van der Waals surface area contributed by atoms with E-state index >= 15 is 0 Å². The Morgan fingerprint density at radius 2 is 1.81 bits per heavy atom. The van der Waals surface area contributed by atoms with Crippen LogP contribution in [0.5, 0.6) is 0 Å². The van der Waals surface area contributed by atoms with E-state index in [9.17, 15) is 13.3 Å². The highest BCUT2D eigenvalue weighted by Gasteiger charge is 2.51. The summed E-state index contributed by atoms with van der Waals surface area (Å²) in [7, 11) is -5.57. The van der Waals surface area contributed by atoms with E-state index in [1.165, 1.54) is 17.0 Å². The van der Waals surface area contributed by atoms with Crippen LogP contribution in [0.1, 0.15) is 24.0 Å². The Morgan fingerprint density at radius 1 is 1.08 bits per heavy atom. The molecule has 0 aromatic heterocycles. The number of aryl methyl sites for hydroxylation is 1. The molecule has 0 unspecified atom stereocenters. The molecule has 0 aliphatic rings. The summed E-state index contributed by atoms with van der Waals surface area (Å²) in [5.74, 6) is 0.950. The minimum absolute atomic E-state index is 0.00633. The fourth-order valence-electron chi connectivity index (χ4n) is 2.29. The van der Waals surface area contributed by atoms with Gasteiger partial charge >= 0.3 is 13.3 Å². The molecular formula is C17H17Br2F2O3PS. The molecule has 26 heavy (non-hydrogen) atoms. The van der Waals surface area contributed by atoms with Crippen molar-refractivity contribution in [1.29, 1.82) is 0 Å². The Morgan fingerprint density at radius 3 is 2.42 bits per heavy atom. The third-order valence-electron chi connectivity index (χ3n) is 3.65. The number of hydrogen-bond donors (Lipinski definition) is 2. The molecule has 0 saturated carbocycles. The molecule has 0 aliphatic heterocycles. The smallest absolute Gasteiger partial charge is 0.320 e. The summed E-state index contributed by atoms with van der Waals surface area (Å²) in [6.07, 6.45) is 2.57. The Labute approximate surface area is 172 Å². The molecule has 0 bridgehead atoms. The maximum absolute atomic E-state index is 13.8. The first-order chi connectivity index (χ1) is 12.1. The van der Waals surface area contributed by atoms with Gasteiger partial charge in [-0.25, -0.2) is 0 Å². The second-order valence-electron chi connectivity index (χ2n) is 5.66. The predicted molar refractivity (Wildman–Crippen MR) is 108 cm³/mol. The topological polar surface area (TPSA) is 57.5 Å². The van der Waals surface area contributed by atoms with Gasteiger partial charge in [0.05, 0.1) is 0 Å². The summed E-state index contributed by atoms with van der Waals surface area (Å²) in [5.41, 5.74) is -4.06. The number of unbranched alkanes of at least 4 members (excludes halogenated alkanes) is 1. The van der Waals surface area contributed by atoms with Crippen molar-refractivity contribution in [3.8, 4) is 0 Å². The Hall–Kier alpha value is -0.240. The number of alkyl halides is 2. The van der Waals surface area contributed by atoms with Gasteiger partial charge in [0.15, 0.2) is 0 Å². The normalized spacial score (nSPS) is 12.4. The second kappa shape index (κ2) is 9.30. The molecule has 0 heterocycles. The number of thioether (sulfide) groups is 1. The highest BCUT2D eigenvalue weighted by molar-refractivity contribution is 9.10. The highest BCUT2D eigenvalue weighted by Crippen LogP contribution is 2.60. The van der Waals surface area contributed by atoms with Crippen LogP contribution in [0.25, 0.3) is 0 Å². The molecule has 0 spiro atoms. The molecule has 2 aromatic rings. The molecule has 3 nitrogen and oxygen atoms in total. The fraction of sp³-hybridized carbons (Fsp3) is 0.294. The van der Waals surface area contributed by atoms with Crippen LogP contribution in [0, 0.1) is 0 Å². The van der Waals surface area contributed by atoms with Crippen LogP contribution in [0.3, 0.4) is 0 Å². The third kappa shape index (κ3) is 5.88. The van der Waals surface area contributed by atoms with E-state index in [1.807, 2.05) is 18.2 Å². The second-order valence-corrected chi connectivity index (χ2v) is 10.3. The first-order valence-electron chi connectivity index (χ1n) is 7.72. The fourth-order valence-corrected chi connectivity index (χ4v) is 5.15. The van der Waals surface area contributed by atoms with Crippen molar-refractivity contribution in [2.75, 3.05) is 5.75 Å². The summed E-state index contributed by atoms with van der Waals surface area (Å²) in [6, 6.07) is 12.1. The summed E-state index contributed by atoms with van der Waals surface area (Å²) in [6.45, 7) is 0. The number of benzene rings is 2. The zero-order valence-electron chi connectivity index (χ0n) is 13.5. The van der Waals surface area contributed by atoms with Crippen LogP contribution >= 0.6 is 51.2 Å². The molecule has 2 N–H and O–H groups in total. The summed E-state index contributed by atoms with van der Waals surface area (Å²) in [5, 5.41) is 0. The van der Waals surface area contributed by atoms with E-state index in [1.54, 1.807) is 11.8 Å². The SMILES string of the molecule is O=P(O)(O)C(F)(F)c1ccc(CCCCSc2cccc(Br)c2)cc1Br. The van der Waals surface area contributed by atoms with Gasteiger partial charge in [0.2, 0.25) is 0 Å². The lowest BCUT2D eigenvalue weighted by atomic mass is 10.1. The number of halogens is 4. The van der Waals surface area contributed by atoms with Crippen molar-refractivity contribution >= 4 is 51.2 Å². The highest BCUT2D eigenvalue weighted by atomic mass is 79.9. The molecule has 9 heteroatoms. The average molecular weight is 530 g/mol. The molecule has 0 amide bonds. The Balaban J connectivity index is 1.87. The predicted octanol–water partition coefficient (Wildman–Crippen LogP) is 6.55. The van der Waals surface area contributed by atoms with Crippen LogP contribution in [0.4, 0.5) is 8.78 Å². The quantitative estimate of drug-likeness (QED) is 0.231. The van der Waals surface area contributed by atoms with Gasteiger partial charge in [0.1, 0.15) is 0 Å². The van der Waals surface area contributed by atoms with Gasteiger partial charge in [-0.3, -0.25) is 4.57 Å². The lowest BCUT2D eigenvalue weighted by Crippen LogP contribution is -2.14. The molecular weight excluding hydrogens is 513 g/mol. The van der Waals surface area contributed by atoms with Crippen LogP contribution in [0.15, 0.2) is 56.3 Å². The molecule has 0 aliphatic carbocycles. The monoisotopic (exact) mass is 528 g/mol. The molecule has 2 aromatic carbocycles. The summed E-state index contributed by atoms with van der Waals surface area (Å²) < 4.78 is 39.6. The zero-order valence-corrected chi connectivity index (χ0v) is 18.4. The average Bonchev–Trinajstić information content (AvgIpc) is 2.53. The molecule has 0 fully saturated rings. The summed E-state index contributed by atoms with van der Waals surface area (Å²) >= 11 is 8.19. The summed E-state index contributed by atoms with van der Waals surface area (Å²) in [4.78, 5) is 18.9. The van der Waals surface area contributed by atoms with Crippen LogP contribution in [0.2, 0.25) is 0 Å². The van der Waals surface area contributed by atoms with E-state index in [0.29, 0.717) is 6.42 Å². The largest absolute Gasteiger partial charge is 0.399 e. The van der Waals surface area contributed by atoms with Gasteiger partial charge in [0, 0.05) is 19.4 Å². The van der Waals surface area contributed by atoms with Gasteiger partial charge in [-0.05, 0) is 54.8 Å². The van der Waals surface area contributed by atoms with Crippen molar-refractivity contribution in [3.63, 3.8) is 0 Å². The Bertz CT molecular complexity index is 814. The molecule has 0 atom stereocenters. The standard InChI is InChI=1S/C17H17Br2F2O3PS/c18-13-5-3-6-14(11-13)26-9-2-1-4-12-7-8-15(16(19)10-12)17(20,21)25(22,23)24/h3,5-8,10-11H,1-2,4,9H2,(H2,22,23,24). The molecule has 0 saturated heterocycles. The van der Waals surface area contributed by atoms with Crippen molar-refractivity contribution in [1.82, 2.24) is 0 Å². The first-order valence-corrected chi connectivity index (χ1v) is 11.9. The molecule has 142 valence electrons. The van der Waals surface area contributed by atoms with Crippen molar-refractivity contribution in [2.24, 2.45) is 0 Å². The van der Waals surface area contributed by atoms with E-state index < -0.39 is 18.8 Å². The van der Waals surface area contributed by atoms with Gasteiger partial charge in [-0.2, -0.15) is 8.78 Å². The molecule has 2 rings (SSSR count). The van der Waals surface area contributed by atoms with Gasteiger partial charge < -0.3 is 9.79 Å². The van der Waals surface area contributed by atoms with Gasteiger partial charge in [-0.1, -0.05) is 50.1 Å². The van der Waals surface area contributed by atoms with Crippen molar-refractivity contribution in [2.45, 2.75) is 29.8 Å². The van der Waals surface area contributed by atoms with Crippen LogP contribution < -0.4 is 0 Å². The van der Waals surface area contributed by atoms with Crippen molar-refractivity contribution in [3.05, 3.63) is 62.5 Å². The number of rotatable bonds is 8. The third-order valence-corrected chi connectivity index (χ3v) is 6.85. The van der Waals surface area contributed by atoms with E-state index in [0.717, 1.165) is 34.7 Å².